The SMILES string of the molecule is COCCNC(=O)CCNCC1CCCc2ccccc21. The van der Waals surface area contributed by atoms with E-state index in [-0.39, 0.29) is 5.91 Å². The van der Waals surface area contributed by atoms with Crippen molar-refractivity contribution < 1.29 is 9.53 Å². The van der Waals surface area contributed by atoms with Gasteiger partial charge in [0.05, 0.1) is 6.61 Å². The minimum atomic E-state index is 0.0867. The van der Waals surface area contributed by atoms with Crippen molar-refractivity contribution in [2.24, 2.45) is 0 Å². The molecular weight excluding hydrogens is 264 g/mol. The van der Waals surface area contributed by atoms with Crippen LogP contribution in [0.1, 0.15) is 36.3 Å². The lowest BCUT2D eigenvalue weighted by molar-refractivity contribution is -0.121. The van der Waals surface area contributed by atoms with E-state index in [0.29, 0.717) is 25.5 Å². The van der Waals surface area contributed by atoms with E-state index < -0.39 is 0 Å². The topological polar surface area (TPSA) is 50.4 Å². The number of benzene rings is 1. The molecule has 2 rings (SSSR count). The quantitative estimate of drug-likeness (QED) is 0.718. The molecule has 2 N–H and O–H groups in total. The molecule has 1 amide bonds. The van der Waals surface area contributed by atoms with Gasteiger partial charge in [-0.25, -0.2) is 0 Å². The predicted molar refractivity (Wildman–Crippen MR) is 84.5 cm³/mol. The third-order valence-corrected chi connectivity index (χ3v) is 4.04. The number of aryl methyl sites for hydroxylation is 1. The average Bonchev–Trinajstić information content (AvgIpc) is 2.52. The molecule has 1 aromatic rings. The van der Waals surface area contributed by atoms with Crippen LogP contribution >= 0.6 is 0 Å². The van der Waals surface area contributed by atoms with Gasteiger partial charge in [-0.15, -0.1) is 0 Å². The van der Waals surface area contributed by atoms with E-state index in [2.05, 4.69) is 34.9 Å². The number of methoxy groups -OCH3 is 1. The maximum absolute atomic E-state index is 11.6. The molecule has 1 aromatic carbocycles. The molecule has 0 bridgehead atoms. The first-order chi connectivity index (χ1) is 10.3. The van der Waals surface area contributed by atoms with Gasteiger partial charge in [0.15, 0.2) is 0 Å². The van der Waals surface area contributed by atoms with Crippen LogP contribution in [0.4, 0.5) is 0 Å². The molecule has 4 nitrogen and oxygen atoms in total. The first kappa shape index (κ1) is 16.0. The molecule has 0 aliphatic heterocycles. The van der Waals surface area contributed by atoms with Crippen LogP contribution in [0, 0.1) is 0 Å². The van der Waals surface area contributed by atoms with Crippen LogP contribution in [0.3, 0.4) is 0 Å². The number of nitrogens with one attached hydrogen (secondary N) is 2. The smallest absolute Gasteiger partial charge is 0.221 e. The molecule has 116 valence electrons. The summed E-state index contributed by atoms with van der Waals surface area (Å²) in [5.74, 6) is 0.676. The standard InChI is InChI=1S/C17H26N2O2/c1-21-12-11-19-17(20)9-10-18-13-15-7-4-6-14-5-2-3-8-16(14)15/h2-3,5,8,15,18H,4,6-7,9-13H2,1H3,(H,19,20). The van der Waals surface area contributed by atoms with Gasteiger partial charge in [-0.1, -0.05) is 24.3 Å². The van der Waals surface area contributed by atoms with Crippen molar-refractivity contribution in [2.75, 3.05) is 33.4 Å². The minimum Gasteiger partial charge on any atom is -0.383 e. The lowest BCUT2D eigenvalue weighted by Gasteiger charge is -2.25. The van der Waals surface area contributed by atoms with Crippen LogP contribution in [0.2, 0.25) is 0 Å². The Bertz CT molecular complexity index is 448. The highest BCUT2D eigenvalue weighted by Crippen LogP contribution is 2.30. The van der Waals surface area contributed by atoms with E-state index in [1.165, 1.54) is 30.4 Å². The summed E-state index contributed by atoms with van der Waals surface area (Å²) in [6.45, 7) is 2.85. The summed E-state index contributed by atoms with van der Waals surface area (Å²) in [6, 6.07) is 8.74. The normalized spacial score (nSPS) is 17.3. The van der Waals surface area contributed by atoms with E-state index in [0.717, 1.165) is 13.1 Å². The number of hydrogen-bond donors (Lipinski definition) is 2. The molecular formula is C17H26N2O2. The summed E-state index contributed by atoms with van der Waals surface area (Å²) in [5, 5.41) is 6.26. The fraction of sp³-hybridized carbons (Fsp3) is 0.588. The number of rotatable bonds is 8. The molecule has 1 atom stereocenters. The number of hydrogen-bond acceptors (Lipinski definition) is 3. The molecule has 0 aromatic heterocycles. The summed E-state index contributed by atoms with van der Waals surface area (Å²) < 4.78 is 4.90. The van der Waals surface area contributed by atoms with Gasteiger partial charge in [0.1, 0.15) is 0 Å². The van der Waals surface area contributed by atoms with Gasteiger partial charge < -0.3 is 15.4 Å². The average molecular weight is 290 g/mol. The monoisotopic (exact) mass is 290 g/mol. The summed E-state index contributed by atoms with van der Waals surface area (Å²) in [4.78, 5) is 11.6. The number of fused-ring (bicyclic) bond motifs is 1. The Balaban J connectivity index is 1.67. The Labute approximate surface area is 127 Å². The lowest BCUT2D eigenvalue weighted by atomic mass is 9.83. The van der Waals surface area contributed by atoms with Gasteiger partial charge in [0.2, 0.25) is 5.91 Å². The van der Waals surface area contributed by atoms with Gasteiger partial charge in [-0.05, 0) is 36.3 Å². The van der Waals surface area contributed by atoms with Gasteiger partial charge in [-0.3, -0.25) is 4.79 Å². The summed E-state index contributed by atoms with van der Waals surface area (Å²) in [6.07, 6.45) is 4.23. The van der Waals surface area contributed by atoms with Gasteiger partial charge in [-0.2, -0.15) is 0 Å². The zero-order chi connectivity index (χ0) is 14.9. The maximum Gasteiger partial charge on any atom is 0.221 e. The maximum atomic E-state index is 11.6. The van der Waals surface area contributed by atoms with E-state index in [4.69, 9.17) is 4.74 Å². The molecule has 0 spiro atoms. The van der Waals surface area contributed by atoms with E-state index in [1.807, 2.05) is 0 Å². The zero-order valence-corrected chi connectivity index (χ0v) is 12.9. The number of amides is 1. The van der Waals surface area contributed by atoms with E-state index >= 15 is 0 Å². The molecule has 0 radical (unpaired) electrons. The Kier molecular flexibility index (Phi) is 6.70. The number of ether oxygens (including phenoxy) is 1. The zero-order valence-electron chi connectivity index (χ0n) is 12.9. The second-order valence-electron chi connectivity index (χ2n) is 5.58. The molecule has 0 saturated heterocycles. The fourth-order valence-electron chi connectivity index (χ4n) is 2.93. The predicted octanol–water partition coefficient (Wildman–Crippen LogP) is 1.85. The molecule has 1 unspecified atom stereocenters. The Hall–Kier alpha value is -1.39. The van der Waals surface area contributed by atoms with E-state index in [9.17, 15) is 4.79 Å². The summed E-state index contributed by atoms with van der Waals surface area (Å²) in [5.41, 5.74) is 2.98. The molecule has 0 saturated carbocycles. The van der Waals surface area contributed by atoms with Crippen molar-refractivity contribution in [3.05, 3.63) is 35.4 Å². The summed E-state index contributed by atoms with van der Waals surface area (Å²) in [7, 11) is 1.63. The molecule has 1 aliphatic rings. The molecule has 21 heavy (non-hydrogen) atoms. The molecule has 1 aliphatic carbocycles. The van der Waals surface area contributed by atoms with Crippen LogP contribution < -0.4 is 10.6 Å². The Morgan fingerprint density at radius 1 is 1.33 bits per heavy atom. The minimum absolute atomic E-state index is 0.0867. The van der Waals surface area contributed by atoms with Crippen LogP contribution in [-0.4, -0.2) is 39.3 Å². The Morgan fingerprint density at radius 2 is 2.19 bits per heavy atom. The second-order valence-corrected chi connectivity index (χ2v) is 5.58. The van der Waals surface area contributed by atoms with Crippen LogP contribution in [0.15, 0.2) is 24.3 Å². The Morgan fingerprint density at radius 3 is 3.05 bits per heavy atom. The lowest BCUT2D eigenvalue weighted by Crippen LogP contribution is -2.31. The van der Waals surface area contributed by atoms with Gasteiger partial charge in [0, 0.05) is 33.2 Å². The van der Waals surface area contributed by atoms with Crippen LogP contribution in [-0.2, 0) is 16.0 Å². The van der Waals surface area contributed by atoms with Crippen molar-refractivity contribution in [3.63, 3.8) is 0 Å². The first-order valence-corrected chi connectivity index (χ1v) is 7.85. The second kappa shape index (κ2) is 8.80. The van der Waals surface area contributed by atoms with E-state index in [1.54, 1.807) is 7.11 Å². The summed E-state index contributed by atoms with van der Waals surface area (Å²) >= 11 is 0. The largest absolute Gasteiger partial charge is 0.383 e. The highest BCUT2D eigenvalue weighted by Gasteiger charge is 2.19. The molecule has 0 fully saturated rings. The van der Waals surface area contributed by atoms with Gasteiger partial charge in [0.25, 0.3) is 0 Å². The third kappa shape index (κ3) is 5.14. The van der Waals surface area contributed by atoms with Crippen molar-refractivity contribution in [1.82, 2.24) is 10.6 Å². The van der Waals surface area contributed by atoms with Crippen molar-refractivity contribution in [2.45, 2.75) is 31.6 Å². The number of carbonyl (C=O) groups excluding carboxylic acids is 1. The number of carbonyl (C=O) groups is 1. The van der Waals surface area contributed by atoms with Crippen LogP contribution in [0.5, 0.6) is 0 Å². The third-order valence-electron chi connectivity index (χ3n) is 4.04. The van der Waals surface area contributed by atoms with Crippen LogP contribution in [0.25, 0.3) is 0 Å². The van der Waals surface area contributed by atoms with Crippen molar-refractivity contribution in [3.8, 4) is 0 Å². The first-order valence-electron chi connectivity index (χ1n) is 7.85. The molecule has 4 heteroatoms. The van der Waals surface area contributed by atoms with Crippen molar-refractivity contribution in [1.29, 1.82) is 0 Å². The fourth-order valence-corrected chi connectivity index (χ4v) is 2.93. The van der Waals surface area contributed by atoms with Gasteiger partial charge >= 0.3 is 0 Å². The highest BCUT2D eigenvalue weighted by molar-refractivity contribution is 5.76. The molecule has 0 heterocycles. The van der Waals surface area contributed by atoms with Crippen molar-refractivity contribution >= 4 is 5.91 Å². The highest BCUT2D eigenvalue weighted by atomic mass is 16.5.